The van der Waals surface area contributed by atoms with Crippen LogP contribution in [0.4, 0.5) is 0 Å². The third kappa shape index (κ3) is 3.47. The molecule has 0 bridgehead atoms. The van der Waals surface area contributed by atoms with Crippen LogP contribution in [-0.2, 0) is 23.1 Å². The zero-order valence-corrected chi connectivity index (χ0v) is 8.87. The van der Waals surface area contributed by atoms with E-state index in [0.717, 1.165) is 12.4 Å². The molecule has 0 fully saturated rings. The number of aromatic nitrogens is 2. The summed E-state index contributed by atoms with van der Waals surface area (Å²) in [6.45, 7) is 2.81. The van der Waals surface area contributed by atoms with Gasteiger partial charge >= 0.3 is 0 Å². The number of rotatable bonds is 5. The van der Waals surface area contributed by atoms with Gasteiger partial charge in [0.25, 0.3) is 10.1 Å². The summed E-state index contributed by atoms with van der Waals surface area (Å²) in [7, 11) is -3.83. The van der Waals surface area contributed by atoms with Crippen LogP contribution in [0.5, 0.6) is 0 Å². The minimum Gasteiger partial charge on any atom is -0.335 e. The predicted octanol–water partition coefficient (Wildman–Crippen LogP) is 0.723. The summed E-state index contributed by atoms with van der Waals surface area (Å²) in [6.07, 6.45) is 4.51. The Labute approximate surface area is 83.5 Å². The van der Waals surface area contributed by atoms with Gasteiger partial charge < -0.3 is 4.57 Å². The number of nitrogens with zero attached hydrogens (tertiary/aromatic N) is 2. The highest BCUT2D eigenvalue weighted by molar-refractivity contribution is 7.85. The van der Waals surface area contributed by atoms with Crippen LogP contribution in [0.1, 0.15) is 19.2 Å². The monoisotopic (exact) mass is 218 g/mol. The van der Waals surface area contributed by atoms with Gasteiger partial charge in [0.15, 0.2) is 0 Å². The molecule has 1 rings (SSSR count). The summed E-state index contributed by atoms with van der Waals surface area (Å²) in [5.41, 5.74) is 0. The summed E-state index contributed by atoms with van der Waals surface area (Å²) >= 11 is 0. The molecule has 0 spiro atoms. The van der Waals surface area contributed by atoms with Gasteiger partial charge in [0, 0.05) is 25.4 Å². The molecule has 0 aliphatic rings. The predicted molar refractivity (Wildman–Crippen MR) is 52.6 cm³/mol. The summed E-state index contributed by atoms with van der Waals surface area (Å²) in [4.78, 5) is 4.09. The topological polar surface area (TPSA) is 72.2 Å². The van der Waals surface area contributed by atoms with Crippen molar-refractivity contribution in [1.82, 2.24) is 9.55 Å². The summed E-state index contributed by atoms with van der Waals surface area (Å²) < 4.78 is 31.4. The highest BCUT2D eigenvalue weighted by atomic mass is 32.2. The van der Waals surface area contributed by atoms with Crippen molar-refractivity contribution in [2.45, 2.75) is 26.3 Å². The van der Waals surface area contributed by atoms with Gasteiger partial charge in [-0.3, -0.25) is 4.55 Å². The van der Waals surface area contributed by atoms with Crippen LogP contribution >= 0.6 is 0 Å². The molecule has 0 unspecified atom stereocenters. The summed E-state index contributed by atoms with van der Waals surface area (Å²) in [6, 6.07) is 0. The molecule has 0 aliphatic carbocycles. The van der Waals surface area contributed by atoms with E-state index in [4.69, 9.17) is 4.55 Å². The van der Waals surface area contributed by atoms with Gasteiger partial charge in [-0.2, -0.15) is 8.42 Å². The van der Waals surface area contributed by atoms with Gasteiger partial charge in [0.1, 0.15) is 5.82 Å². The zero-order chi connectivity index (χ0) is 10.6. The highest BCUT2D eigenvalue weighted by Gasteiger charge is 2.06. The first kappa shape index (κ1) is 11.2. The molecule has 6 heteroatoms. The average Bonchev–Trinajstić information content (AvgIpc) is 2.49. The second kappa shape index (κ2) is 4.56. The Kier molecular flexibility index (Phi) is 3.65. The largest absolute Gasteiger partial charge is 0.335 e. The molecule has 0 radical (unpaired) electrons. The van der Waals surface area contributed by atoms with Crippen molar-refractivity contribution in [2.75, 3.05) is 5.75 Å². The lowest BCUT2D eigenvalue weighted by Crippen LogP contribution is -2.07. The molecule has 1 heterocycles. The lowest BCUT2D eigenvalue weighted by molar-refractivity contribution is 0.480. The van der Waals surface area contributed by atoms with Crippen molar-refractivity contribution in [3.8, 4) is 0 Å². The van der Waals surface area contributed by atoms with Gasteiger partial charge in [-0.25, -0.2) is 4.98 Å². The minimum absolute atomic E-state index is 0.205. The normalized spacial score (nSPS) is 11.9. The van der Waals surface area contributed by atoms with E-state index >= 15 is 0 Å². The lowest BCUT2D eigenvalue weighted by Gasteiger charge is -2.03. The molecule has 0 saturated carbocycles. The Balaban J connectivity index is 2.46. The van der Waals surface area contributed by atoms with Gasteiger partial charge in [-0.15, -0.1) is 0 Å². The second-order valence-corrected chi connectivity index (χ2v) is 4.59. The Morgan fingerprint density at radius 3 is 2.86 bits per heavy atom. The van der Waals surface area contributed by atoms with Gasteiger partial charge in [0.2, 0.25) is 0 Å². The quantitative estimate of drug-likeness (QED) is 0.739. The SMILES string of the molecule is CCn1ccnc1CCCS(=O)(=O)O. The minimum atomic E-state index is -3.83. The molecule has 1 aromatic heterocycles. The van der Waals surface area contributed by atoms with Crippen molar-refractivity contribution >= 4 is 10.1 Å². The summed E-state index contributed by atoms with van der Waals surface area (Å²) in [5.74, 6) is 0.653. The lowest BCUT2D eigenvalue weighted by atomic mass is 10.3. The Morgan fingerprint density at radius 2 is 2.29 bits per heavy atom. The van der Waals surface area contributed by atoms with Crippen LogP contribution in [-0.4, -0.2) is 28.3 Å². The van der Waals surface area contributed by atoms with E-state index < -0.39 is 10.1 Å². The van der Waals surface area contributed by atoms with Gasteiger partial charge in [0.05, 0.1) is 5.75 Å². The number of hydrogen-bond acceptors (Lipinski definition) is 3. The maximum atomic E-state index is 10.4. The van der Waals surface area contributed by atoms with Crippen LogP contribution in [0, 0.1) is 0 Å². The van der Waals surface area contributed by atoms with Crippen molar-refractivity contribution in [1.29, 1.82) is 0 Å². The highest BCUT2D eigenvalue weighted by Crippen LogP contribution is 2.02. The fraction of sp³-hybridized carbons (Fsp3) is 0.625. The smallest absolute Gasteiger partial charge is 0.264 e. The Bertz CT molecular complexity index is 383. The zero-order valence-electron chi connectivity index (χ0n) is 8.05. The molecule has 14 heavy (non-hydrogen) atoms. The Hall–Kier alpha value is -0.880. The fourth-order valence-corrected chi connectivity index (χ4v) is 1.78. The molecule has 0 atom stereocenters. The van der Waals surface area contributed by atoms with E-state index in [1.165, 1.54) is 0 Å². The maximum Gasteiger partial charge on any atom is 0.264 e. The first-order valence-corrected chi connectivity index (χ1v) is 6.09. The van der Waals surface area contributed by atoms with Crippen molar-refractivity contribution in [2.24, 2.45) is 0 Å². The number of aryl methyl sites for hydroxylation is 2. The molecule has 0 aromatic carbocycles. The molecule has 0 aliphatic heterocycles. The first-order valence-electron chi connectivity index (χ1n) is 4.48. The maximum absolute atomic E-state index is 10.4. The number of hydrogen-bond donors (Lipinski definition) is 1. The molecular formula is C8H14N2O3S. The standard InChI is InChI=1S/C8H14N2O3S/c1-2-10-6-5-9-8(10)4-3-7-14(11,12)13/h5-6H,2-4,7H2,1H3,(H,11,12,13). The van der Waals surface area contributed by atoms with Gasteiger partial charge in [-0.1, -0.05) is 0 Å². The van der Waals surface area contributed by atoms with Crippen LogP contribution in [0.25, 0.3) is 0 Å². The van der Waals surface area contributed by atoms with Gasteiger partial charge in [-0.05, 0) is 13.3 Å². The summed E-state index contributed by atoms with van der Waals surface area (Å²) in [5, 5.41) is 0. The molecular weight excluding hydrogens is 204 g/mol. The fourth-order valence-electron chi connectivity index (χ4n) is 1.27. The van der Waals surface area contributed by atoms with E-state index in [9.17, 15) is 8.42 Å². The average molecular weight is 218 g/mol. The molecule has 80 valence electrons. The number of imidazole rings is 1. The van der Waals surface area contributed by atoms with Crippen molar-refractivity contribution in [3.05, 3.63) is 18.2 Å². The van der Waals surface area contributed by atoms with E-state index in [1.54, 1.807) is 6.20 Å². The van der Waals surface area contributed by atoms with Crippen molar-refractivity contribution in [3.63, 3.8) is 0 Å². The van der Waals surface area contributed by atoms with E-state index in [2.05, 4.69) is 4.98 Å². The Morgan fingerprint density at radius 1 is 1.57 bits per heavy atom. The van der Waals surface area contributed by atoms with Crippen LogP contribution in [0.3, 0.4) is 0 Å². The van der Waals surface area contributed by atoms with Crippen LogP contribution in [0.2, 0.25) is 0 Å². The molecule has 1 N–H and O–H groups in total. The van der Waals surface area contributed by atoms with Crippen LogP contribution < -0.4 is 0 Å². The first-order chi connectivity index (χ1) is 6.53. The third-order valence-corrected chi connectivity index (χ3v) is 2.75. The van der Waals surface area contributed by atoms with E-state index in [-0.39, 0.29) is 5.75 Å². The molecule has 0 amide bonds. The van der Waals surface area contributed by atoms with E-state index in [0.29, 0.717) is 12.8 Å². The van der Waals surface area contributed by atoms with Crippen LogP contribution in [0.15, 0.2) is 12.4 Å². The molecule has 0 saturated heterocycles. The molecule has 5 nitrogen and oxygen atoms in total. The van der Waals surface area contributed by atoms with E-state index in [1.807, 2.05) is 17.7 Å². The second-order valence-electron chi connectivity index (χ2n) is 3.02. The third-order valence-electron chi connectivity index (χ3n) is 1.95. The van der Waals surface area contributed by atoms with Crippen molar-refractivity contribution < 1.29 is 13.0 Å². The molecule has 1 aromatic rings.